The molecule has 0 bridgehead atoms. The highest BCUT2D eigenvalue weighted by Gasteiger charge is 2.14. The third-order valence-corrected chi connectivity index (χ3v) is 4.51. The fourth-order valence-electron chi connectivity index (χ4n) is 1.81. The van der Waals surface area contributed by atoms with Crippen molar-refractivity contribution in [3.8, 4) is 5.88 Å². The molecule has 0 aliphatic carbocycles. The van der Waals surface area contributed by atoms with E-state index in [0.29, 0.717) is 16.6 Å². The van der Waals surface area contributed by atoms with Gasteiger partial charge in [0.05, 0.1) is 16.8 Å². The summed E-state index contributed by atoms with van der Waals surface area (Å²) in [5.41, 5.74) is 0. The summed E-state index contributed by atoms with van der Waals surface area (Å²) in [6, 6.07) is 8.37. The molecule has 6 nitrogen and oxygen atoms in total. The maximum atomic E-state index is 12.2. The van der Waals surface area contributed by atoms with Gasteiger partial charge in [0.15, 0.2) is 15.7 Å². The van der Waals surface area contributed by atoms with Gasteiger partial charge in [-0.2, -0.15) is 0 Å². The van der Waals surface area contributed by atoms with Gasteiger partial charge in [-0.05, 0) is 26.0 Å². The summed E-state index contributed by atoms with van der Waals surface area (Å²) in [6.45, 7) is 4.00. The van der Waals surface area contributed by atoms with E-state index in [1.807, 2.05) is 13.8 Å². The molecule has 0 saturated heterocycles. The molecule has 0 atom stereocenters. The number of hydrogen-bond acceptors (Lipinski definition) is 6. The van der Waals surface area contributed by atoms with E-state index < -0.39 is 9.84 Å². The third-order valence-electron chi connectivity index (χ3n) is 2.78. The van der Waals surface area contributed by atoms with Crippen molar-refractivity contribution in [2.75, 3.05) is 17.6 Å². The SMILES string of the molecule is CC(C)Oc1nccnc1NCCS(=O)(=O)c1ccccc1. The van der Waals surface area contributed by atoms with Crippen LogP contribution in [-0.4, -0.2) is 36.8 Å². The second-order valence-corrected chi connectivity index (χ2v) is 7.04. The van der Waals surface area contributed by atoms with Crippen LogP contribution in [-0.2, 0) is 9.84 Å². The normalized spacial score (nSPS) is 11.4. The van der Waals surface area contributed by atoms with Gasteiger partial charge in [-0.1, -0.05) is 18.2 Å². The number of nitrogens with one attached hydrogen (secondary N) is 1. The van der Waals surface area contributed by atoms with Crippen LogP contribution in [0.2, 0.25) is 0 Å². The summed E-state index contributed by atoms with van der Waals surface area (Å²) < 4.78 is 29.9. The molecule has 1 N–H and O–H groups in total. The standard InChI is InChI=1S/C15H19N3O3S/c1-12(2)21-15-14(16-8-9-18-15)17-10-11-22(19,20)13-6-4-3-5-7-13/h3-9,12H,10-11H2,1-2H3,(H,16,17). The van der Waals surface area contributed by atoms with E-state index in [-0.39, 0.29) is 18.4 Å². The topological polar surface area (TPSA) is 81.2 Å². The van der Waals surface area contributed by atoms with Gasteiger partial charge in [-0.15, -0.1) is 0 Å². The van der Waals surface area contributed by atoms with Crippen molar-refractivity contribution in [2.45, 2.75) is 24.8 Å². The number of rotatable bonds is 7. The molecule has 0 aliphatic rings. The lowest BCUT2D eigenvalue weighted by Gasteiger charge is -2.13. The van der Waals surface area contributed by atoms with Crippen molar-refractivity contribution in [1.82, 2.24) is 9.97 Å². The Morgan fingerprint density at radius 3 is 2.50 bits per heavy atom. The summed E-state index contributed by atoms with van der Waals surface area (Å²) in [6.07, 6.45) is 3.02. The predicted octanol–water partition coefficient (Wildman–Crippen LogP) is 2.15. The Kier molecular flexibility index (Phi) is 5.32. The molecule has 0 radical (unpaired) electrons. The number of anilines is 1. The van der Waals surface area contributed by atoms with Crippen molar-refractivity contribution in [3.05, 3.63) is 42.7 Å². The van der Waals surface area contributed by atoms with Crippen molar-refractivity contribution in [2.24, 2.45) is 0 Å². The van der Waals surface area contributed by atoms with Crippen LogP contribution >= 0.6 is 0 Å². The minimum absolute atomic E-state index is 0.0330. The van der Waals surface area contributed by atoms with Gasteiger partial charge < -0.3 is 10.1 Å². The highest BCUT2D eigenvalue weighted by Crippen LogP contribution is 2.18. The lowest BCUT2D eigenvalue weighted by molar-refractivity contribution is 0.233. The van der Waals surface area contributed by atoms with Crippen LogP contribution in [0.1, 0.15) is 13.8 Å². The Hall–Kier alpha value is -2.15. The molecule has 0 fully saturated rings. The molecule has 0 spiro atoms. The molecule has 0 aliphatic heterocycles. The predicted molar refractivity (Wildman–Crippen MR) is 84.8 cm³/mol. The molecule has 1 heterocycles. The molecule has 0 saturated carbocycles. The fraction of sp³-hybridized carbons (Fsp3) is 0.333. The summed E-state index contributed by atoms with van der Waals surface area (Å²) in [4.78, 5) is 8.54. The van der Waals surface area contributed by atoms with Crippen molar-refractivity contribution < 1.29 is 13.2 Å². The summed E-state index contributed by atoms with van der Waals surface area (Å²) in [5.74, 6) is 0.781. The Morgan fingerprint density at radius 1 is 1.14 bits per heavy atom. The minimum atomic E-state index is -3.32. The molecule has 118 valence electrons. The largest absolute Gasteiger partial charge is 0.472 e. The van der Waals surface area contributed by atoms with Gasteiger partial charge in [0.2, 0.25) is 0 Å². The van der Waals surface area contributed by atoms with Crippen LogP contribution in [0.4, 0.5) is 5.82 Å². The van der Waals surface area contributed by atoms with Crippen LogP contribution in [0.25, 0.3) is 0 Å². The van der Waals surface area contributed by atoms with Crippen LogP contribution in [0.5, 0.6) is 5.88 Å². The number of hydrogen-bond donors (Lipinski definition) is 1. The average Bonchev–Trinajstić information content (AvgIpc) is 2.49. The summed E-state index contributed by atoms with van der Waals surface area (Å²) in [7, 11) is -3.32. The van der Waals surface area contributed by atoms with Gasteiger partial charge in [-0.25, -0.2) is 18.4 Å². The molecule has 22 heavy (non-hydrogen) atoms. The first-order valence-corrected chi connectivity index (χ1v) is 8.63. The van der Waals surface area contributed by atoms with Gasteiger partial charge in [0.25, 0.3) is 5.88 Å². The van der Waals surface area contributed by atoms with Gasteiger partial charge >= 0.3 is 0 Å². The first-order chi connectivity index (χ1) is 10.5. The van der Waals surface area contributed by atoms with Crippen LogP contribution in [0.15, 0.2) is 47.6 Å². The number of sulfone groups is 1. The van der Waals surface area contributed by atoms with Gasteiger partial charge in [0, 0.05) is 18.9 Å². The van der Waals surface area contributed by atoms with Gasteiger partial charge in [0.1, 0.15) is 0 Å². The highest BCUT2D eigenvalue weighted by molar-refractivity contribution is 7.91. The third kappa shape index (κ3) is 4.42. The average molecular weight is 321 g/mol. The van der Waals surface area contributed by atoms with Crippen LogP contribution in [0, 0.1) is 0 Å². The van der Waals surface area contributed by atoms with E-state index in [1.54, 1.807) is 30.3 Å². The molecule has 0 amide bonds. The summed E-state index contributed by atoms with van der Waals surface area (Å²) >= 11 is 0. The van der Waals surface area contributed by atoms with E-state index in [0.717, 1.165) is 0 Å². The lowest BCUT2D eigenvalue weighted by atomic mass is 10.4. The molecule has 2 aromatic rings. The molecule has 7 heteroatoms. The monoisotopic (exact) mass is 321 g/mol. The van der Waals surface area contributed by atoms with E-state index in [1.165, 1.54) is 12.4 Å². The molecule has 1 aromatic heterocycles. The first-order valence-electron chi connectivity index (χ1n) is 6.98. The second-order valence-electron chi connectivity index (χ2n) is 4.94. The number of nitrogens with zero attached hydrogens (tertiary/aromatic N) is 2. The van der Waals surface area contributed by atoms with Crippen LogP contribution in [0.3, 0.4) is 0 Å². The van der Waals surface area contributed by atoms with E-state index in [4.69, 9.17) is 4.74 Å². The smallest absolute Gasteiger partial charge is 0.257 e. The Balaban J connectivity index is 2.00. The second kappa shape index (κ2) is 7.22. The van der Waals surface area contributed by atoms with Crippen molar-refractivity contribution in [3.63, 3.8) is 0 Å². The Labute approximate surface area is 130 Å². The Bertz CT molecular complexity index is 703. The molecular weight excluding hydrogens is 302 g/mol. The zero-order valence-electron chi connectivity index (χ0n) is 12.6. The van der Waals surface area contributed by atoms with Gasteiger partial charge in [-0.3, -0.25) is 0 Å². The number of ether oxygens (including phenoxy) is 1. The highest BCUT2D eigenvalue weighted by atomic mass is 32.2. The van der Waals surface area contributed by atoms with E-state index >= 15 is 0 Å². The van der Waals surface area contributed by atoms with Crippen LogP contribution < -0.4 is 10.1 Å². The summed E-state index contributed by atoms with van der Waals surface area (Å²) in [5, 5.41) is 2.97. The lowest BCUT2D eigenvalue weighted by Crippen LogP contribution is -2.18. The fourth-order valence-corrected chi connectivity index (χ4v) is 2.98. The molecule has 2 rings (SSSR count). The van der Waals surface area contributed by atoms with E-state index in [9.17, 15) is 8.42 Å². The Morgan fingerprint density at radius 2 is 1.82 bits per heavy atom. The maximum absolute atomic E-state index is 12.2. The zero-order chi connectivity index (χ0) is 16.0. The molecule has 1 aromatic carbocycles. The van der Waals surface area contributed by atoms with Crippen molar-refractivity contribution >= 4 is 15.7 Å². The molecule has 0 unspecified atom stereocenters. The number of benzene rings is 1. The minimum Gasteiger partial charge on any atom is -0.472 e. The maximum Gasteiger partial charge on any atom is 0.257 e. The quantitative estimate of drug-likeness (QED) is 0.841. The van der Waals surface area contributed by atoms with E-state index in [2.05, 4.69) is 15.3 Å². The first kappa shape index (κ1) is 16.2. The molecular formula is C15H19N3O3S. The number of aromatic nitrogens is 2. The van der Waals surface area contributed by atoms with Crippen molar-refractivity contribution in [1.29, 1.82) is 0 Å². The zero-order valence-corrected chi connectivity index (χ0v) is 13.4.